The third-order valence-electron chi connectivity index (χ3n) is 2.73. The Balaban J connectivity index is 2.78. The van der Waals surface area contributed by atoms with Crippen LogP contribution in [-0.4, -0.2) is 33.8 Å². The summed E-state index contributed by atoms with van der Waals surface area (Å²) in [6.07, 6.45) is 1.46. The molecule has 108 valence electrons. The summed E-state index contributed by atoms with van der Waals surface area (Å²) in [4.78, 5) is 10.8. The summed E-state index contributed by atoms with van der Waals surface area (Å²) in [5.74, 6) is 0.485. The van der Waals surface area contributed by atoms with E-state index >= 15 is 0 Å². The summed E-state index contributed by atoms with van der Waals surface area (Å²) < 4.78 is 1.55. The Morgan fingerprint density at radius 2 is 2.11 bits per heavy atom. The summed E-state index contributed by atoms with van der Waals surface area (Å²) in [6.45, 7) is 7.49. The molecule has 1 heterocycles. The lowest BCUT2D eigenvalue weighted by atomic mass is 10.2. The lowest BCUT2D eigenvalue weighted by molar-refractivity contribution is -0.384. The van der Waals surface area contributed by atoms with Crippen molar-refractivity contribution in [2.75, 3.05) is 18.4 Å². The van der Waals surface area contributed by atoms with Crippen LogP contribution in [0.4, 0.5) is 11.5 Å². The zero-order chi connectivity index (χ0) is 14.4. The van der Waals surface area contributed by atoms with E-state index in [-0.39, 0.29) is 10.6 Å². The SMILES string of the molecule is CCCc1nn(C)c(NCCNC(C)C)c1[N+](=O)[O-]. The lowest BCUT2D eigenvalue weighted by Gasteiger charge is -2.09. The molecule has 0 atom stereocenters. The molecule has 0 saturated heterocycles. The third-order valence-corrected chi connectivity index (χ3v) is 2.73. The lowest BCUT2D eigenvalue weighted by Crippen LogP contribution is -2.28. The van der Waals surface area contributed by atoms with Gasteiger partial charge in [0.15, 0.2) is 0 Å². The van der Waals surface area contributed by atoms with Gasteiger partial charge in [0.25, 0.3) is 0 Å². The molecule has 19 heavy (non-hydrogen) atoms. The molecule has 0 amide bonds. The minimum Gasteiger partial charge on any atom is -0.363 e. The average molecular weight is 269 g/mol. The van der Waals surface area contributed by atoms with Crippen molar-refractivity contribution in [3.05, 3.63) is 15.8 Å². The summed E-state index contributed by atoms with van der Waals surface area (Å²) in [6, 6.07) is 0.402. The zero-order valence-electron chi connectivity index (χ0n) is 12.1. The van der Waals surface area contributed by atoms with E-state index in [2.05, 4.69) is 29.6 Å². The molecular weight excluding hydrogens is 246 g/mol. The summed E-state index contributed by atoms with van der Waals surface area (Å²) in [7, 11) is 1.73. The Morgan fingerprint density at radius 1 is 1.42 bits per heavy atom. The van der Waals surface area contributed by atoms with Crippen LogP contribution < -0.4 is 10.6 Å². The standard InChI is InChI=1S/C12H23N5O2/c1-5-6-10-11(17(18)19)12(16(4)15-10)14-8-7-13-9(2)3/h9,13-14H,5-8H2,1-4H3. The van der Waals surface area contributed by atoms with Crippen LogP contribution in [-0.2, 0) is 13.5 Å². The van der Waals surface area contributed by atoms with Gasteiger partial charge in [-0.2, -0.15) is 5.10 Å². The van der Waals surface area contributed by atoms with Crippen molar-refractivity contribution in [2.24, 2.45) is 7.05 Å². The first-order valence-electron chi connectivity index (χ1n) is 6.64. The Kier molecular flexibility index (Phi) is 5.75. The molecule has 1 aromatic heterocycles. The Morgan fingerprint density at radius 3 is 2.63 bits per heavy atom. The van der Waals surface area contributed by atoms with Crippen LogP contribution in [0.25, 0.3) is 0 Å². The maximum Gasteiger partial charge on any atom is 0.333 e. The molecule has 0 unspecified atom stereocenters. The topological polar surface area (TPSA) is 85.0 Å². The fourth-order valence-corrected chi connectivity index (χ4v) is 1.91. The van der Waals surface area contributed by atoms with Crippen LogP contribution in [0, 0.1) is 10.1 Å². The van der Waals surface area contributed by atoms with Crippen molar-refractivity contribution >= 4 is 11.5 Å². The third kappa shape index (κ3) is 4.20. The number of hydrogen-bond acceptors (Lipinski definition) is 5. The number of rotatable bonds is 8. The first kappa shape index (κ1) is 15.4. The molecule has 7 heteroatoms. The van der Waals surface area contributed by atoms with Gasteiger partial charge in [-0.05, 0) is 6.42 Å². The van der Waals surface area contributed by atoms with Gasteiger partial charge in [0.1, 0.15) is 5.69 Å². The van der Waals surface area contributed by atoms with E-state index in [9.17, 15) is 10.1 Å². The largest absolute Gasteiger partial charge is 0.363 e. The number of nitrogens with one attached hydrogen (secondary N) is 2. The minimum atomic E-state index is -0.351. The van der Waals surface area contributed by atoms with Gasteiger partial charge in [0, 0.05) is 26.2 Å². The molecule has 0 aromatic carbocycles. The van der Waals surface area contributed by atoms with Crippen molar-refractivity contribution in [3.63, 3.8) is 0 Å². The van der Waals surface area contributed by atoms with Gasteiger partial charge in [-0.15, -0.1) is 0 Å². The number of anilines is 1. The molecule has 1 aromatic rings. The van der Waals surface area contributed by atoms with Crippen LogP contribution >= 0.6 is 0 Å². The molecule has 0 aliphatic rings. The number of nitrogens with zero attached hydrogens (tertiary/aromatic N) is 3. The second-order valence-electron chi connectivity index (χ2n) is 4.81. The van der Waals surface area contributed by atoms with Crippen molar-refractivity contribution in [1.29, 1.82) is 0 Å². The van der Waals surface area contributed by atoms with Crippen molar-refractivity contribution in [2.45, 2.75) is 39.7 Å². The highest BCUT2D eigenvalue weighted by Gasteiger charge is 2.25. The quantitative estimate of drug-likeness (QED) is 0.426. The predicted molar refractivity (Wildman–Crippen MR) is 75.5 cm³/mol. The van der Waals surface area contributed by atoms with Gasteiger partial charge < -0.3 is 10.6 Å². The molecule has 0 bridgehead atoms. The van der Waals surface area contributed by atoms with Crippen LogP contribution in [0.1, 0.15) is 32.9 Å². The highest BCUT2D eigenvalue weighted by Crippen LogP contribution is 2.28. The molecule has 0 fully saturated rings. The molecule has 0 aliphatic heterocycles. The Hall–Kier alpha value is -1.63. The number of hydrogen-bond donors (Lipinski definition) is 2. The predicted octanol–water partition coefficient (Wildman–Crippen LogP) is 1.69. The summed E-state index contributed by atoms with van der Waals surface area (Å²) in [5.41, 5.74) is 0.656. The molecule has 7 nitrogen and oxygen atoms in total. The van der Waals surface area contributed by atoms with Gasteiger partial charge in [-0.25, -0.2) is 4.68 Å². The molecule has 0 saturated carbocycles. The molecule has 0 aliphatic carbocycles. The van der Waals surface area contributed by atoms with Gasteiger partial charge in [0.05, 0.1) is 4.92 Å². The average Bonchev–Trinajstić information content (AvgIpc) is 2.61. The normalized spacial score (nSPS) is 11.0. The molecule has 2 N–H and O–H groups in total. The van der Waals surface area contributed by atoms with Gasteiger partial charge in [-0.3, -0.25) is 10.1 Å². The number of aryl methyl sites for hydroxylation is 2. The highest BCUT2D eigenvalue weighted by molar-refractivity contribution is 5.59. The van der Waals surface area contributed by atoms with Crippen molar-refractivity contribution < 1.29 is 4.92 Å². The molecule has 0 radical (unpaired) electrons. The van der Waals surface area contributed by atoms with E-state index in [0.717, 1.165) is 13.0 Å². The maximum atomic E-state index is 11.2. The summed E-state index contributed by atoms with van der Waals surface area (Å²) >= 11 is 0. The van der Waals surface area contributed by atoms with E-state index in [4.69, 9.17) is 0 Å². The monoisotopic (exact) mass is 269 g/mol. The first-order valence-corrected chi connectivity index (χ1v) is 6.64. The van der Waals surface area contributed by atoms with E-state index in [1.165, 1.54) is 0 Å². The smallest absolute Gasteiger partial charge is 0.333 e. The fourth-order valence-electron chi connectivity index (χ4n) is 1.91. The van der Waals surface area contributed by atoms with E-state index < -0.39 is 0 Å². The molecular formula is C12H23N5O2. The van der Waals surface area contributed by atoms with Crippen molar-refractivity contribution in [3.8, 4) is 0 Å². The van der Waals surface area contributed by atoms with Crippen LogP contribution in [0.3, 0.4) is 0 Å². The molecule has 0 spiro atoms. The van der Waals surface area contributed by atoms with E-state index in [0.29, 0.717) is 30.5 Å². The van der Waals surface area contributed by atoms with Gasteiger partial charge >= 0.3 is 5.69 Å². The first-order chi connectivity index (χ1) is 8.97. The number of nitro groups is 1. The van der Waals surface area contributed by atoms with Gasteiger partial charge in [-0.1, -0.05) is 27.2 Å². The van der Waals surface area contributed by atoms with E-state index in [1.807, 2.05) is 6.92 Å². The summed E-state index contributed by atoms with van der Waals surface area (Å²) in [5, 5.41) is 21.7. The van der Waals surface area contributed by atoms with Crippen LogP contribution in [0.2, 0.25) is 0 Å². The van der Waals surface area contributed by atoms with E-state index in [1.54, 1.807) is 11.7 Å². The second-order valence-corrected chi connectivity index (χ2v) is 4.81. The van der Waals surface area contributed by atoms with Crippen LogP contribution in [0.5, 0.6) is 0 Å². The zero-order valence-corrected chi connectivity index (χ0v) is 12.1. The Labute approximate surface area is 113 Å². The van der Waals surface area contributed by atoms with Gasteiger partial charge in [0.2, 0.25) is 5.82 Å². The molecule has 1 rings (SSSR count). The number of aromatic nitrogens is 2. The Bertz CT molecular complexity index is 428. The fraction of sp³-hybridized carbons (Fsp3) is 0.750. The van der Waals surface area contributed by atoms with Crippen LogP contribution in [0.15, 0.2) is 0 Å². The minimum absolute atomic E-state index is 0.105. The maximum absolute atomic E-state index is 11.2. The van der Waals surface area contributed by atoms with Crippen molar-refractivity contribution in [1.82, 2.24) is 15.1 Å². The highest BCUT2D eigenvalue weighted by atomic mass is 16.6. The second kappa shape index (κ2) is 7.08.